The smallest absolute Gasteiger partial charge is 0.244 e. The maximum Gasteiger partial charge on any atom is 0.244 e. The Morgan fingerprint density at radius 2 is 1.97 bits per heavy atom. The molecule has 9 heteroatoms. The molecule has 0 radical (unpaired) electrons. The fourth-order valence-corrected chi connectivity index (χ4v) is 7.77. The molecule has 2 saturated carbocycles. The molecule has 8 atom stereocenters. The number of ketones is 1. The van der Waals surface area contributed by atoms with Crippen LogP contribution in [0.15, 0.2) is 12.2 Å². The first kappa shape index (κ1) is 27.8. The first-order chi connectivity index (χ1) is 18.5. The number of nitrogens with one attached hydrogen (secondary N) is 2. The third-order valence-corrected chi connectivity index (χ3v) is 10.3. The molecule has 2 saturated heterocycles. The highest BCUT2D eigenvalue weighted by Gasteiger charge is 2.59. The van der Waals surface area contributed by atoms with Crippen molar-refractivity contribution in [2.75, 3.05) is 20.2 Å². The minimum absolute atomic E-state index is 0.00802. The number of likely N-dealkylation sites (tertiary alicyclic amines) is 1. The summed E-state index contributed by atoms with van der Waals surface area (Å²) in [7, 11) is 1.57. The minimum Gasteiger partial charge on any atom is -0.370 e. The first-order valence-electron chi connectivity index (χ1n) is 14.5. The molecule has 0 aromatic carbocycles. The van der Waals surface area contributed by atoms with E-state index in [1.54, 1.807) is 12.0 Å². The Balaban J connectivity index is 1.38. The molecule has 0 aromatic heterocycles. The monoisotopic (exact) mass is 538 g/mol. The highest BCUT2D eigenvalue weighted by molar-refractivity contribution is 5.95. The van der Waals surface area contributed by atoms with Crippen molar-refractivity contribution < 1.29 is 23.9 Å². The van der Waals surface area contributed by atoms with Crippen LogP contribution in [-0.4, -0.2) is 66.3 Å². The maximum atomic E-state index is 14.3. The summed E-state index contributed by atoms with van der Waals surface area (Å²) in [5, 5.41) is 15.5. The van der Waals surface area contributed by atoms with Crippen LogP contribution in [0.25, 0.3) is 0 Å². The van der Waals surface area contributed by atoms with Crippen LogP contribution in [-0.2, 0) is 23.9 Å². The predicted molar refractivity (Wildman–Crippen MR) is 143 cm³/mol. The molecular weight excluding hydrogens is 496 g/mol. The Morgan fingerprint density at radius 3 is 2.54 bits per heavy atom. The molecule has 212 valence electrons. The minimum atomic E-state index is -0.809. The van der Waals surface area contributed by atoms with Crippen LogP contribution in [0, 0.1) is 52.3 Å². The first-order valence-corrected chi connectivity index (χ1v) is 14.5. The molecule has 2 heterocycles. The lowest BCUT2D eigenvalue weighted by Gasteiger charge is -2.42. The van der Waals surface area contributed by atoms with Crippen LogP contribution in [0.2, 0.25) is 0 Å². The van der Waals surface area contributed by atoms with E-state index >= 15 is 0 Å². The van der Waals surface area contributed by atoms with Gasteiger partial charge in [-0.05, 0) is 67.6 Å². The molecule has 0 aromatic rings. The molecule has 2 bridgehead atoms. The van der Waals surface area contributed by atoms with E-state index in [4.69, 9.17) is 4.74 Å². The average Bonchev–Trinajstić information content (AvgIpc) is 3.63. The molecular formula is C30H42N4O5. The van der Waals surface area contributed by atoms with E-state index < -0.39 is 29.0 Å². The SMILES string of the molecule is COC1(C(=O)C[C@H](C(=O)N2C[C@H]3[C@@H]([C@H]2C(=O)N[C@H](C#N)C[C@@H]2CCNC2=O)[C@H]2C=C[C@@H]3C2)C(C)(C)C)CCC1. The summed E-state index contributed by atoms with van der Waals surface area (Å²) in [6, 6.07) is 0.656. The van der Waals surface area contributed by atoms with Crippen LogP contribution < -0.4 is 10.6 Å². The van der Waals surface area contributed by atoms with E-state index in [1.165, 1.54) is 0 Å². The van der Waals surface area contributed by atoms with Crippen molar-refractivity contribution in [3.63, 3.8) is 0 Å². The summed E-state index contributed by atoms with van der Waals surface area (Å²) in [5.41, 5.74) is -1.29. The quantitative estimate of drug-likeness (QED) is 0.434. The van der Waals surface area contributed by atoms with Crippen LogP contribution in [0.5, 0.6) is 0 Å². The van der Waals surface area contributed by atoms with Crippen molar-refractivity contribution in [3.8, 4) is 6.07 Å². The van der Waals surface area contributed by atoms with E-state index in [1.807, 2.05) is 20.8 Å². The Bertz CT molecular complexity index is 1090. The van der Waals surface area contributed by atoms with Gasteiger partial charge in [0.1, 0.15) is 17.7 Å². The summed E-state index contributed by atoms with van der Waals surface area (Å²) in [6.45, 7) is 6.97. The molecule has 0 spiro atoms. The molecule has 3 amide bonds. The number of fused-ring (bicyclic) bond motifs is 5. The van der Waals surface area contributed by atoms with Crippen LogP contribution >= 0.6 is 0 Å². The zero-order valence-corrected chi connectivity index (χ0v) is 23.6. The number of Topliss-reactive ketones (excluding diaryl/α,β-unsaturated/α-hetero) is 1. The van der Waals surface area contributed by atoms with Gasteiger partial charge in [0.25, 0.3) is 0 Å². The van der Waals surface area contributed by atoms with Gasteiger partial charge in [-0.2, -0.15) is 5.26 Å². The number of nitriles is 1. The van der Waals surface area contributed by atoms with Crippen molar-refractivity contribution in [1.82, 2.24) is 15.5 Å². The number of rotatable bonds is 9. The largest absolute Gasteiger partial charge is 0.370 e. The van der Waals surface area contributed by atoms with Crippen molar-refractivity contribution in [2.24, 2.45) is 40.9 Å². The van der Waals surface area contributed by atoms with Crippen LogP contribution in [0.1, 0.15) is 65.7 Å². The average molecular weight is 539 g/mol. The van der Waals surface area contributed by atoms with Gasteiger partial charge in [0, 0.05) is 38.5 Å². The molecule has 9 nitrogen and oxygen atoms in total. The number of carbonyl (C=O) groups excluding carboxylic acids is 4. The third kappa shape index (κ3) is 4.90. The van der Waals surface area contributed by atoms with E-state index in [0.717, 1.165) is 12.8 Å². The normalized spacial score (nSPS) is 33.6. The molecule has 2 aliphatic heterocycles. The fourth-order valence-electron chi connectivity index (χ4n) is 7.77. The molecule has 3 aliphatic carbocycles. The fraction of sp³-hybridized carbons (Fsp3) is 0.767. The van der Waals surface area contributed by atoms with Crippen molar-refractivity contribution >= 4 is 23.5 Å². The molecule has 5 rings (SSSR count). The highest BCUT2D eigenvalue weighted by Crippen LogP contribution is 2.54. The van der Waals surface area contributed by atoms with Crippen LogP contribution in [0.4, 0.5) is 0 Å². The number of amides is 3. The van der Waals surface area contributed by atoms with Gasteiger partial charge in [-0.25, -0.2) is 0 Å². The number of ether oxygens (including phenoxy) is 1. The van der Waals surface area contributed by atoms with E-state index in [9.17, 15) is 24.4 Å². The Kier molecular flexibility index (Phi) is 7.38. The Morgan fingerprint density at radius 1 is 1.26 bits per heavy atom. The summed E-state index contributed by atoms with van der Waals surface area (Å²) < 4.78 is 5.62. The zero-order chi connectivity index (χ0) is 28.1. The lowest BCUT2D eigenvalue weighted by atomic mass is 9.70. The number of hydrogen-bond donors (Lipinski definition) is 2. The van der Waals surface area contributed by atoms with E-state index in [-0.39, 0.29) is 60.0 Å². The second kappa shape index (κ2) is 10.3. The summed E-state index contributed by atoms with van der Waals surface area (Å²) in [6.07, 6.45) is 8.65. The third-order valence-electron chi connectivity index (χ3n) is 10.3. The number of methoxy groups -OCH3 is 1. The highest BCUT2D eigenvalue weighted by atomic mass is 16.5. The summed E-state index contributed by atoms with van der Waals surface area (Å²) in [4.78, 5) is 55.4. The van der Waals surface area contributed by atoms with Gasteiger partial charge in [0.15, 0.2) is 5.78 Å². The molecule has 4 fully saturated rings. The second-order valence-corrected chi connectivity index (χ2v) is 13.4. The number of carbonyl (C=O) groups is 4. The van der Waals surface area contributed by atoms with Gasteiger partial charge in [0.05, 0.1) is 6.07 Å². The van der Waals surface area contributed by atoms with Gasteiger partial charge in [-0.3, -0.25) is 19.2 Å². The number of hydrogen-bond acceptors (Lipinski definition) is 6. The Labute approximate surface area is 231 Å². The van der Waals surface area contributed by atoms with Crippen molar-refractivity contribution in [2.45, 2.75) is 83.4 Å². The van der Waals surface area contributed by atoms with Crippen molar-refractivity contribution in [1.29, 1.82) is 5.26 Å². The number of nitrogens with zero attached hydrogens (tertiary/aromatic N) is 2. The van der Waals surface area contributed by atoms with Crippen molar-refractivity contribution in [3.05, 3.63) is 12.2 Å². The second-order valence-electron chi connectivity index (χ2n) is 13.4. The predicted octanol–water partition coefficient (Wildman–Crippen LogP) is 2.36. The molecule has 2 N–H and O–H groups in total. The lowest BCUT2D eigenvalue weighted by molar-refractivity contribution is -0.158. The molecule has 5 aliphatic rings. The van der Waals surface area contributed by atoms with Gasteiger partial charge in [-0.15, -0.1) is 0 Å². The van der Waals surface area contributed by atoms with E-state index in [2.05, 4.69) is 28.9 Å². The maximum absolute atomic E-state index is 14.3. The van der Waals surface area contributed by atoms with Gasteiger partial charge >= 0.3 is 0 Å². The molecule has 0 unspecified atom stereocenters. The van der Waals surface area contributed by atoms with Gasteiger partial charge < -0.3 is 20.3 Å². The lowest BCUT2D eigenvalue weighted by Crippen LogP contribution is -2.55. The van der Waals surface area contributed by atoms with E-state index in [0.29, 0.717) is 38.3 Å². The topological polar surface area (TPSA) is 129 Å². The van der Waals surface area contributed by atoms with Gasteiger partial charge in [-0.1, -0.05) is 32.9 Å². The van der Waals surface area contributed by atoms with Crippen LogP contribution in [0.3, 0.4) is 0 Å². The molecule has 39 heavy (non-hydrogen) atoms. The van der Waals surface area contributed by atoms with Gasteiger partial charge in [0.2, 0.25) is 17.7 Å². The standard InChI is InChI=1S/C30H42N4O5/c1-29(2,3)22(14-23(35)30(39-4)9-5-10-30)28(38)34-16-21-17-6-7-18(12-17)24(21)25(34)27(37)33-20(15-31)13-19-8-11-32-26(19)36/h6-7,17-22,24-25H,5,8-14,16H2,1-4H3,(H,32,36)(H,33,37)/t17-,18+,19+,20+,21-,22-,24+,25+/m1/s1. The summed E-state index contributed by atoms with van der Waals surface area (Å²) >= 11 is 0. The number of allylic oxidation sites excluding steroid dienone is 2. The summed E-state index contributed by atoms with van der Waals surface area (Å²) in [5.74, 6) is -0.770. The zero-order valence-electron chi connectivity index (χ0n) is 23.6. The Hall–Kier alpha value is -2.73.